The van der Waals surface area contributed by atoms with Gasteiger partial charge in [0, 0.05) is 30.2 Å². The lowest BCUT2D eigenvalue weighted by Gasteiger charge is -2.30. The maximum absolute atomic E-state index is 13.2. The summed E-state index contributed by atoms with van der Waals surface area (Å²) in [6, 6.07) is 17.5. The van der Waals surface area contributed by atoms with Crippen molar-refractivity contribution in [3.63, 3.8) is 0 Å². The molecule has 0 fully saturated rings. The number of hydrogen-bond acceptors (Lipinski definition) is 2. The molecule has 0 saturated heterocycles. The predicted molar refractivity (Wildman–Crippen MR) is 121 cm³/mol. The number of fused-ring (bicyclic) bond motifs is 2. The third-order valence-corrected chi connectivity index (χ3v) is 6.71. The zero-order chi connectivity index (χ0) is 20.6. The van der Waals surface area contributed by atoms with Gasteiger partial charge in [-0.3, -0.25) is 4.39 Å². The fourth-order valence-electron chi connectivity index (χ4n) is 4.30. The molecule has 1 aliphatic rings. The smallest absolute Gasteiger partial charge is 0.0925 e. The molecule has 1 unspecified atom stereocenters. The number of rotatable bonds is 5. The van der Waals surface area contributed by atoms with Crippen molar-refractivity contribution in [2.24, 2.45) is 11.3 Å². The van der Waals surface area contributed by atoms with Crippen LogP contribution >= 0.6 is 0 Å². The number of alkyl halides is 1. The molecule has 0 amide bonds. The van der Waals surface area contributed by atoms with E-state index in [1.807, 2.05) is 6.92 Å². The largest absolute Gasteiger partial charge is 0.374 e. The Morgan fingerprint density at radius 2 is 1.93 bits per heavy atom. The van der Waals surface area contributed by atoms with E-state index in [4.69, 9.17) is 4.98 Å². The molecule has 2 nitrogen and oxygen atoms in total. The summed E-state index contributed by atoms with van der Waals surface area (Å²) >= 11 is 0. The van der Waals surface area contributed by atoms with Crippen molar-refractivity contribution in [3.8, 4) is 11.3 Å². The number of hydrogen-bond donors (Lipinski definition) is 0. The molecule has 4 rings (SSSR count). The van der Waals surface area contributed by atoms with Gasteiger partial charge in [0.15, 0.2) is 0 Å². The highest BCUT2D eigenvalue weighted by Crippen LogP contribution is 2.33. The molecular formula is C26H31FN2. The average Bonchev–Trinajstić information content (AvgIpc) is 2.72. The molecule has 0 saturated carbocycles. The normalized spacial score (nSPS) is 15.4. The minimum atomic E-state index is -0.276. The van der Waals surface area contributed by atoms with Crippen LogP contribution in [0.1, 0.15) is 38.3 Å². The van der Waals surface area contributed by atoms with Gasteiger partial charge in [0.25, 0.3) is 0 Å². The predicted octanol–water partition coefficient (Wildman–Crippen LogP) is 6.46. The van der Waals surface area contributed by atoms with Crippen LogP contribution in [0.2, 0.25) is 0 Å². The summed E-state index contributed by atoms with van der Waals surface area (Å²) in [6.45, 7) is 7.14. The lowest BCUT2D eigenvalue weighted by atomic mass is 9.76. The Hall–Kier alpha value is -2.42. The second-order valence-electron chi connectivity index (χ2n) is 9.31. The topological polar surface area (TPSA) is 16.1 Å². The summed E-state index contributed by atoms with van der Waals surface area (Å²) in [5, 5.41) is 1.15. The summed E-state index contributed by atoms with van der Waals surface area (Å²) in [5.74, 6) is 0.0433. The minimum absolute atomic E-state index is 0.0433. The molecule has 3 heteroatoms. The molecule has 0 radical (unpaired) electrons. The Morgan fingerprint density at radius 1 is 1.10 bits per heavy atom. The number of benzene rings is 2. The number of aryl methyl sites for hydroxylation is 1. The summed E-state index contributed by atoms with van der Waals surface area (Å²) in [4.78, 5) is 7.27. The zero-order valence-electron chi connectivity index (χ0n) is 18.0. The standard InChI is InChI=1S/C26H31FN2/c1-18(17-27)26(2,3)16-19-7-10-23-20(14-19)8-11-24(28-23)21-9-12-25-22(15-21)6-5-13-29(25)4/h7-12,14-15,18H,5-6,13,16-17H2,1-4H3. The SMILES string of the molecule is CC(CF)C(C)(C)Cc1ccc2nc(-c3ccc4c(c3)CCCN4C)ccc2c1. The third kappa shape index (κ3) is 4.01. The highest BCUT2D eigenvalue weighted by atomic mass is 19.1. The van der Waals surface area contributed by atoms with Gasteiger partial charge in [-0.25, -0.2) is 4.98 Å². The van der Waals surface area contributed by atoms with Crippen molar-refractivity contribution in [1.82, 2.24) is 4.98 Å². The monoisotopic (exact) mass is 390 g/mol. The molecule has 1 atom stereocenters. The van der Waals surface area contributed by atoms with E-state index in [-0.39, 0.29) is 18.0 Å². The first-order valence-electron chi connectivity index (χ1n) is 10.7. The summed E-state index contributed by atoms with van der Waals surface area (Å²) in [6.07, 6.45) is 3.21. The van der Waals surface area contributed by atoms with Crippen molar-refractivity contribution >= 4 is 16.6 Å². The van der Waals surface area contributed by atoms with Crippen LogP contribution in [0.25, 0.3) is 22.2 Å². The minimum Gasteiger partial charge on any atom is -0.374 e. The number of pyridine rings is 1. The Morgan fingerprint density at radius 3 is 2.72 bits per heavy atom. The van der Waals surface area contributed by atoms with Crippen molar-refractivity contribution < 1.29 is 4.39 Å². The van der Waals surface area contributed by atoms with Crippen molar-refractivity contribution in [3.05, 3.63) is 59.7 Å². The van der Waals surface area contributed by atoms with Crippen LogP contribution in [0.5, 0.6) is 0 Å². The summed E-state index contributed by atoms with van der Waals surface area (Å²) in [5.41, 5.74) is 7.15. The summed E-state index contributed by atoms with van der Waals surface area (Å²) in [7, 11) is 2.17. The van der Waals surface area contributed by atoms with Crippen LogP contribution in [0.3, 0.4) is 0 Å². The van der Waals surface area contributed by atoms with Crippen molar-refractivity contribution in [2.75, 3.05) is 25.2 Å². The highest BCUT2D eigenvalue weighted by molar-refractivity contribution is 5.82. The second-order valence-corrected chi connectivity index (χ2v) is 9.31. The van der Waals surface area contributed by atoms with Crippen LogP contribution < -0.4 is 4.90 Å². The Balaban J connectivity index is 1.62. The van der Waals surface area contributed by atoms with E-state index >= 15 is 0 Å². The maximum Gasteiger partial charge on any atom is 0.0925 e. The number of aromatic nitrogens is 1. The maximum atomic E-state index is 13.2. The van der Waals surface area contributed by atoms with Crippen molar-refractivity contribution in [2.45, 2.75) is 40.0 Å². The van der Waals surface area contributed by atoms with E-state index in [1.54, 1.807) is 0 Å². The molecule has 29 heavy (non-hydrogen) atoms. The van der Waals surface area contributed by atoms with Crippen LogP contribution in [0.15, 0.2) is 48.5 Å². The van der Waals surface area contributed by atoms with Gasteiger partial charge in [-0.1, -0.05) is 39.0 Å². The first kappa shape index (κ1) is 19.9. The van der Waals surface area contributed by atoms with Gasteiger partial charge in [-0.15, -0.1) is 0 Å². The second kappa shape index (κ2) is 7.78. The molecule has 0 N–H and O–H groups in total. The highest BCUT2D eigenvalue weighted by Gasteiger charge is 2.26. The van der Waals surface area contributed by atoms with Crippen LogP contribution in [0, 0.1) is 11.3 Å². The lowest BCUT2D eigenvalue weighted by Crippen LogP contribution is -2.25. The first-order chi connectivity index (χ1) is 13.9. The molecule has 3 aromatic rings. The van der Waals surface area contributed by atoms with E-state index < -0.39 is 0 Å². The molecule has 0 bridgehead atoms. The number of halogens is 1. The molecule has 2 aromatic carbocycles. The Bertz CT molecular complexity index is 1020. The zero-order valence-corrected chi connectivity index (χ0v) is 18.0. The van der Waals surface area contributed by atoms with Gasteiger partial charge < -0.3 is 4.90 Å². The quantitative estimate of drug-likeness (QED) is 0.497. The van der Waals surface area contributed by atoms with Gasteiger partial charge >= 0.3 is 0 Å². The molecule has 0 spiro atoms. The summed E-state index contributed by atoms with van der Waals surface area (Å²) < 4.78 is 13.2. The number of nitrogens with zero attached hydrogens (tertiary/aromatic N) is 2. The van der Waals surface area contributed by atoms with E-state index in [9.17, 15) is 4.39 Å². The lowest BCUT2D eigenvalue weighted by molar-refractivity contribution is 0.186. The van der Waals surface area contributed by atoms with E-state index in [2.05, 4.69) is 74.3 Å². The Labute approximate surface area is 173 Å². The van der Waals surface area contributed by atoms with E-state index in [0.717, 1.165) is 36.0 Å². The number of anilines is 1. The fourth-order valence-corrected chi connectivity index (χ4v) is 4.30. The van der Waals surface area contributed by atoms with Crippen molar-refractivity contribution in [1.29, 1.82) is 0 Å². The van der Waals surface area contributed by atoms with E-state index in [1.165, 1.54) is 28.8 Å². The molecular weight excluding hydrogens is 359 g/mol. The van der Waals surface area contributed by atoms with Gasteiger partial charge in [-0.2, -0.15) is 0 Å². The van der Waals surface area contributed by atoms with Gasteiger partial charge in [-0.05, 0) is 72.1 Å². The fraction of sp³-hybridized carbons (Fsp3) is 0.423. The van der Waals surface area contributed by atoms with Gasteiger partial charge in [0.2, 0.25) is 0 Å². The molecule has 0 aliphatic carbocycles. The molecule has 1 aliphatic heterocycles. The Kier molecular flexibility index (Phi) is 5.33. The van der Waals surface area contributed by atoms with Crippen LogP contribution in [0.4, 0.5) is 10.1 Å². The van der Waals surface area contributed by atoms with Crippen LogP contribution in [-0.2, 0) is 12.8 Å². The first-order valence-corrected chi connectivity index (χ1v) is 10.7. The van der Waals surface area contributed by atoms with Gasteiger partial charge in [0.05, 0.1) is 17.9 Å². The van der Waals surface area contributed by atoms with Crippen LogP contribution in [-0.4, -0.2) is 25.3 Å². The average molecular weight is 391 g/mol. The molecule has 1 aromatic heterocycles. The molecule has 152 valence electrons. The van der Waals surface area contributed by atoms with Gasteiger partial charge in [0.1, 0.15) is 0 Å². The molecule has 2 heterocycles. The third-order valence-electron chi connectivity index (χ3n) is 6.71. The van der Waals surface area contributed by atoms with E-state index in [0.29, 0.717) is 0 Å².